The molecule has 3 N–H and O–H groups in total. The second kappa shape index (κ2) is 6.90. The highest BCUT2D eigenvalue weighted by Crippen LogP contribution is 2.16. The van der Waals surface area contributed by atoms with Crippen LogP contribution >= 0.6 is 0 Å². The van der Waals surface area contributed by atoms with Crippen LogP contribution in [0.1, 0.15) is 26.7 Å². The van der Waals surface area contributed by atoms with Gasteiger partial charge in [0.15, 0.2) is 0 Å². The summed E-state index contributed by atoms with van der Waals surface area (Å²) in [6.07, 6.45) is 0.341. The Hall–Kier alpha value is -0.700. The SMILES string of the molecule is CCC(CC)(NS(=O)(=O)NCCOC)C(=O)O. The number of nitrogens with one attached hydrogen (secondary N) is 2. The fourth-order valence-electron chi connectivity index (χ4n) is 1.31. The number of hydrogen-bond donors (Lipinski definition) is 3. The molecule has 0 aromatic carbocycles. The van der Waals surface area contributed by atoms with Crippen LogP contribution < -0.4 is 9.44 Å². The molecule has 0 bridgehead atoms. The van der Waals surface area contributed by atoms with E-state index in [1.165, 1.54) is 7.11 Å². The summed E-state index contributed by atoms with van der Waals surface area (Å²) in [6, 6.07) is 0. The van der Waals surface area contributed by atoms with Gasteiger partial charge in [-0.2, -0.15) is 17.9 Å². The van der Waals surface area contributed by atoms with Gasteiger partial charge in [0.25, 0.3) is 10.2 Å². The fourth-order valence-corrected chi connectivity index (χ4v) is 2.63. The van der Waals surface area contributed by atoms with E-state index in [0.29, 0.717) is 0 Å². The van der Waals surface area contributed by atoms with Gasteiger partial charge in [0.1, 0.15) is 5.54 Å². The largest absolute Gasteiger partial charge is 0.480 e. The van der Waals surface area contributed by atoms with Crippen molar-refractivity contribution < 1.29 is 23.1 Å². The molecule has 0 radical (unpaired) electrons. The van der Waals surface area contributed by atoms with Crippen LogP contribution in [0.2, 0.25) is 0 Å². The van der Waals surface area contributed by atoms with Crippen molar-refractivity contribution >= 4 is 16.2 Å². The highest BCUT2D eigenvalue weighted by Gasteiger charge is 2.38. The van der Waals surface area contributed by atoms with E-state index in [1.807, 2.05) is 0 Å². The maximum atomic E-state index is 11.6. The van der Waals surface area contributed by atoms with E-state index >= 15 is 0 Å². The molecule has 0 aromatic heterocycles. The van der Waals surface area contributed by atoms with Crippen LogP contribution in [-0.4, -0.2) is 45.3 Å². The lowest BCUT2D eigenvalue weighted by atomic mass is 9.95. The summed E-state index contributed by atoms with van der Waals surface area (Å²) in [6.45, 7) is 3.55. The molecule has 0 spiro atoms. The summed E-state index contributed by atoms with van der Waals surface area (Å²) in [5.41, 5.74) is -1.46. The van der Waals surface area contributed by atoms with Crippen molar-refractivity contribution in [3.05, 3.63) is 0 Å². The average molecular weight is 268 g/mol. The number of carbonyl (C=O) groups is 1. The lowest BCUT2D eigenvalue weighted by Crippen LogP contribution is -2.56. The predicted molar refractivity (Wildman–Crippen MR) is 62.9 cm³/mol. The third-order valence-corrected chi connectivity index (χ3v) is 3.79. The molecule has 0 aliphatic carbocycles. The summed E-state index contributed by atoms with van der Waals surface area (Å²) in [7, 11) is -2.40. The zero-order valence-electron chi connectivity index (χ0n) is 10.3. The molecule has 0 aliphatic rings. The number of carboxylic acid groups (broad SMARTS) is 1. The van der Waals surface area contributed by atoms with Crippen LogP contribution in [-0.2, 0) is 19.7 Å². The van der Waals surface area contributed by atoms with Crippen LogP contribution in [0.5, 0.6) is 0 Å². The van der Waals surface area contributed by atoms with Gasteiger partial charge in [0.2, 0.25) is 0 Å². The normalized spacial score (nSPS) is 12.6. The maximum absolute atomic E-state index is 11.6. The van der Waals surface area contributed by atoms with Crippen LogP contribution in [0, 0.1) is 0 Å². The van der Waals surface area contributed by atoms with E-state index in [4.69, 9.17) is 9.84 Å². The number of hydrogen-bond acceptors (Lipinski definition) is 4. The van der Waals surface area contributed by atoms with Gasteiger partial charge in [-0.05, 0) is 12.8 Å². The molecule has 0 amide bonds. The second-order valence-corrected chi connectivity index (χ2v) is 5.09. The molecule has 7 nitrogen and oxygen atoms in total. The number of ether oxygens (including phenoxy) is 1. The molecule has 0 saturated heterocycles. The highest BCUT2D eigenvalue weighted by molar-refractivity contribution is 7.87. The predicted octanol–water partition coefficient (Wildman–Crippen LogP) is -0.300. The van der Waals surface area contributed by atoms with E-state index < -0.39 is 21.7 Å². The standard InChI is InChI=1S/C9H20N2O5S/c1-4-9(5-2,8(12)13)11-17(14,15)10-6-7-16-3/h10-11H,4-7H2,1-3H3,(H,12,13). The van der Waals surface area contributed by atoms with E-state index in [-0.39, 0.29) is 26.0 Å². The minimum Gasteiger partial charge on any atom is -0.480 e. The molecule has 0 fully saturated rings. The summed E-state index contributed by atoms with van der Waals surface area (Å²) < 4.78 is 32.3. The molecule has 102 valence electrons. The first-order valence-corrected chi connectivity index (χ1v) is 6.82. The molecule has 0 aliphatic heterocycles. The van der Waals surface area contributed by atoms with Crippen molar-refractivity contribution in [1.82, 2.24) is 9.44 Å². The Morgan fingerprint density at radius 3 is 2.24 bits per heavy atom. The summed E-state index contributed by atoms with van der Waals surface area (Å²) >= 11 is 0. The molecule has 0 unspecified atom stereocenters. The third kappa shape index (κ3) is 4.99. The van der Waals surface area contributed by atoms with Gasteiger partial charge in [-0.25, -0.2) is 0 Å². The Balaban J connectivity index is 4.70. The zero-order chi connectivity index (χ0) is 13.5. The van der Waals surface area contributed by atoms with Crippen LogP contribution in [0.15, 0.2) is 0 Å². The van der Waals surface area contributed by atoms with Gasteiger partial charge in [-0.1, -0.05) is 13.8 Å². The van der Waals surface area contributed by atoms with Crippen molar-refractivity contribution in [2.45, 2.75) is 32.2 Å². The van der Waals surface area contributed by atoms with Gasteiger partial charge in [-0.3, -0.25) is 4.79 Å². The number of aliphatic carboxylic acids is 1. The third-order valence-electron chi connectivity index (χ3n) is 2.54. The average Bonchev–Trinajstić information content (AvgIpc) is 2.26. The Kier molecular flexibility index (Phi) is 6.61. The van der Waals surface area contributed by atoms with Gasteiger partial charge in [0, 0.05) is 13.7 Å². The molecular formula is C9H20N2O5S. The van der Waals surface area contributed by atoms with Crippen molar-refractivity contribution in [3.63, 3.8) is 0 Å². The number of methoxy groups -OCH3 is 1. The Morgan fingerprint density at radius 2 is 1.88 bits per heavy atom. The smallest absolute Gasteiger partial charge is 0.324 e. The van der Waals surface area contributed by atoms with E-state index in [0.717, 1.165) is 0 Å². The topological polar surface area (TPSA) is 105 Å². The first kappa shape index (κ1) is 16.3. The monoisotopic (exact) mass is 268 g/mol. The molecule has 0 heterocycles. The van der Waals surface area contributed by atoms with Gasteiger partial charge >= 0.3 is 5.97 Å². The molecule has 0 atom stereocenters. The van der Waals surface area contributed by atoms with Crippen molar-refractivity contribution in [2.24, 2.45) is 0 Å². The summed E-state index contributed by atoms with van der Waals surface area (Å²) in [5, 5.41) is 9.08. The van der Waals surface area contributed by atoms with Crippen LogP contribution in [0.25, 0.3) is 0 Å². The van der Waals surface area contributed by atoms with E-state index in [2.05, 4.69) is 9.44 Å². The summed E-state index contributed by atoms with van der Waals surface area (Å²) in [5.74, 6) is -1.18. The molecule has 8 heteroatoms. The van der Waals surface area contributed by atoms with Crippen molar-refractivity contribution in [2.75, 3.05) is 20.3 Å². The van der Waals surface area contributed by atoms with Crippen molar-refractivity contribution in [3.8, 4) is 0 Å². The van der Waals surface area contributed by atoms with E-state index in [1.54, 1.807) is 13.8 Å². The highest BCUT2D eigenvalue weighted by atomic mass is 32.2. The van der Waals surface area contributed by atoms with Gasteiger partial charge < -0.3 is 9.84 Å². The zero-order valence-corrected chi connectivity index (χ0v) is 11.1. The van der Waals surface area contributed by atoms with Crippen molar-refractivity contribution in [1.29, 1.82) is 0 Å². The number of rotatable bonds is 9. The maximum Gasteiger partial charge on any atom is 0.324 e. The lowest BCUT2D eigenvalue weighted by Gasteiger charge is -2.27. The lowest BCUT2D eigenvalue weighted by molar-refractivity contribution is -0.144. The number of carboxylic acids is 1. The quantitative estimate of drug-likeness (QED) is 0.498. The molecule has 17 heavy (non-hydrogen) atoms. The minimum absolute atomic E-state index is 0.0922. The Morgan fingerprint density at radius 1 is 1.35 bits per heavy atom. The molecule has 0 saturated carbocycles. The first-order chi connectivity index (χ1) is 7.83. The molecule has 0 aromatic rings. The van der Waals surface area contributed by atoms with Gasteiger partial charge in [0.05, 0.1) is 6.61 Å². The minimum atomic E-state index is -3.84. The fraction of sp³-hybridized carbons (Fsp3) is 0.889. The van der Waals surface area contributed by atoms with Gasteiger partial charge in [-0.15, -0.1) is 0 Å². The second-order valence-electron chi connectivity index (χ2n) is 3.59. The summed E-state index contributed by atoms with van der Waals surface area (Å²) in [4.78, 5) is 11.1. The van der Waals surface area contributed by atoms with Crippen LogP contribution in [0.4, 0.5) is 0 Å². The Labute approximate surface area is 102 Å². The Bertz CT molecular complexity index is 337. The molecular weight excluding hydrogens is 248 g/mol. The molecule has 0 rings (SSSR count). The van der Waals surface area contributed by atoms with E-state index in [9.17, 15) is 13.2 Å². The van der Waals surface area contributed by atoms with Crippen LogP contribution in [0.3, 0.4) is 0 Å². The first-order valence-electron chi connectivity index (χ1n) is 5.34.